The van der Waals surface area contributed by atoms with Crippen molar-refractivity contribution in [3.8, 4) is 11.4 Å². The number of rotatable bonds is 11. The number of carbonyl (C=O) groups excluding carboxylic acids is 2. The molecular formula is C35H31F3N4O5. The molecular weight excluding hydrogens is 613 g/mol. The summed E-state index contributed by atoms with van der Waals surface area (Å²) in [6, 6.07) is 20.5. The molecule has 1 amide bonds. The number of benzene rings is 3. The second kappa shape index (κ2) is 14.3. The zero-order chi connectivity index (χ0) is 33.6. The maximum atomic E-state index is 14.0. The molecule has 0 aliphatic carbocycles. The highest BCUT2D eigenvalue weighted by molar-refractivity contribution is 5.80. The first-order valence-electron chi connectivity index (χ1n) is 14.8. The number of amides is 1. The fraction of sp³-hybridized carbons (Fsp3) is 0.229. The number of hydrogen-bond acceptors (Lipinski definition) is 7. The van der Waals surface area contributed by atoms with Crippen molar-refractivity contribution in [1.29, 1.82) is 0 Å². The molecule has 0 spiro atoms. The zero-order valence-corrected chi connectivity index (χ0v) is 25.6. The van der Waals surface area contributed by atoms with Gasteiger partial charge in [-0.25, -0.2) is 9.78 Å². The van der Waals surface area contributed by atoms with Gasteiger partial charge in [-0.1, -0.05) is 30.3 Å². The summed E-state index contributed by atoms with van der Waals surface area (Å²) in [7, 11) is 0. The molecule has 1 atom stereocenters. The smallest absolute Gasteiger partial charge is 0.416 e. The highest BCUT2D eigenvalue weighted by Crippen LogP contribution is 2.30. The number of fused-ring (bicyclic) bond motifs is 1. The van der Waals surface area contributed by atoms with Crippen molar-refractivity contribution in [3.63, 3.8) is 0 Å². The molecule has 12 heteroatoms. The van der Waals surface area contributed by atoms with Crippen LogP contribution in [0.3, 0.4) is 0 Å². The van der Waals surface area contributed by atoms with Gasteiger partial charge >= 0.3 is 12.1 Å². The Bertz CT molecular complexity index is 1910. The number of alkyl halides is 3. The molecule has 0 radical (unpaired) electrons. The van der Waals surface area contributed by atoms with Crippen molar-refractivity contribution >= 4 is 22.8 Å². The minimum atomic E-state index is -4.50. The summed E-state index contributed by atoms with van der Waals surface area (Å²) < 4.78 is 51.3. The maximum absolute atomic E-state index is 14.0. The van der Waals surface area contributed by atoms with Gasteiger partial charge in [-0.05, 0) is 79.6 Å². The lowest BCUT2D eigenvalue weighted by Crippen LogP contribution is -2.38. The summed E-state index contributed by atoms with van der Waals surface area (Å²) in [4.78, 5) is 50.2. The average molecular weight is 645 g/mol. The molecule has 242 valence electrons. The molecule has 0 aliphatic heterocycles. The molecule has 0 fully saturated rings. The molecule has 2 heterocycles. The van der Waals surface area contributed by atoms with E-state index >= 15 is 0 Å². The van der Waals surface area contributed by atoms with E-state index in [2.05, 4.69) is 4.98 Å². The molecule has 0 unspecified atom stereocenters. The Kier molecular flexibility index (Phi) is 9.98. The van der Waals surface area contributed by atoms with E-state index in [9.17, 15) is 27.6 Å². The van der Waals surface area contributed by atoms with Gasteiger partial charge in [0.1, 0.15) is 11.6 Å². The number of esters is 1. The predicted molar refractivity (Wildman–Crippen MR) is 168 cm³/mol. The van der Waals surface area contributed by atoms with Crippen molar-refractivity contribution < 1.29 is 32.2 Å². The topological polar surface area (TPSA) is 104 Å². The van der Waals surface area contributed by atoms with Crippen LogP contribution in [0.25, 0.3) is 16.6 Å². The highest BCUT2D eigenvalue weighted by atomic mass is 19.4. The molecule has 5 aromatic rings. The van der Waals surface area contributed by atoms with Crippen LogP contribution in [0.15, 0.2) is 102 Å². The highest BCUT2D eigenvalue weighted by Gasteiger charge is 2.31. The number of para-hydroxylation sites is 1. The second-order valence-electron chi connectivity index (χ2n) is 10.6. The molecule has 0 saturated heterocycles. The van der Waals surface area contributed by atoms with E-state index in [1.807, 2.05) is 0 Å². The van der Waals surface area contributed by atoms with Crippen LogP contribution in [-0.2, 0) is 33.5 Å². The standard InChI is InChI=1S/C35H31F3N4O5/c1-3-46-32(44)22-47-28-16-14-27(15-17-28)42-33(40-30-9-5-4-8-29(30)34(42)45)23(2)41(21-25-7-6-18-39-20-25)31(43)19-24-10-12-26(13-11-24)35(36,37)38/h4-18,20,23H,3,19,21-22H2,1-2H3/t23-/m1/s1. The average Bonchev–Trinajstić information content (AvgIpc) is 3.06. The summed E-state index contributed by atoms with van der Waals surface area (Å²) in [5.41, 5.74) is 0.799. The number of aromatic nitrogens is 3. The predicted octanol–water partition coefficient (Wildman–Crippen LogP) is 6.07. The molecule has 47 heavy (non-hydrogen) atoms. The molecule has 0 saturated carbocycles. The molecule has 0 aliphatic rings. The summed E-state index contributed by atoms with van der Waals surface area (Å²) in [6.45, 7) is 3.48. The fourth-order valence-corrected chi connectivity index (χ4v) is 5.07. The van der Waals surface area contributed by atoms with Gasteiger partial charge in [-0.3, -0.25) is 19.1 Å². The molecule has 5 rings (SSSR count). The first-order valence-corrected chi connectivity index (χ1v) is 14.8. The number of nitrogens with zero attached hydrogens (tertiary/aromatic N) is 4. The van der Waals surface area contributed by atoms with Gasteiger partial charge in [-0.15, -0.1) is 0 Å². The van der Waals surface area contributed by atoms with Crippen LogP contribution in [0.1, 0.15) is 42.4 Å². The number of ether oxygens (including phenoxy) is 2. The number of pyridine rings is 1. The summed E-state index contributed by atoms with van der Waals surface area (Å²) in [5.74, 6) is -0.267. The minimum absolute atomic E-state index is 0.0950. The van der Waals surface area contributed by atoms with Crippen LogP contribution in [0, 0.1) is 0 Å². The molecule has 2 aromatic heterocycles. The van der Waals surface area contributed by atoms with Crippen molar-refractivity contribution in [3.05, 3.63) is 130 Å². The Morgan fingerprint density at radius 3 is 2.32 bits per heavy atom. The van der Waals surface area contributed by atoms with Crippen LogP contribution >= 0.6 is 0 Å². The normalized spacial score (nSPS) is 12.0. The van der Waals surface area contributed by atoms with E-state index in [1.165, 1.54) is 21.6 Å². The van der Waals surface area contributed by atoms with Gasteiger partial charge in [0.25, 0.3) is 5.56 Å². The third kappa shape index (κ3) is 7.83. The Labute approximate surface area is 268 Å². The Balaban J connectivity index is 1.54. The maximum Gasteiger partial charge on any atom is 0.416 e. The molecule has 0 N–H and O–H groups in total. The lowest BCUT2D eigenvalue weighted by atomic mass is 10.1. The van der Waals surface area contributed by atoms with E-state index in [0.717, 1.165) is 12.1 Å². The van der Waals surface area contributed by atoms with Crippen LogP contribution in [0.4, 0.5) is 13.2 Å². The third-order valence-corrected chi connectivity index (χ3v) is 7.43. The number of halogens is 3. The first-order chi connectivity index (χ1) is 22.5. The zero-order valence-electron chi connectivity index (χ0n) is 25.6. The lowest BCUT2D eigenvalue weighted by Gasteiger charge is -2.31. The quantitative estimate of drug-likeness (QED) is 0.161. The van der Waals surface area contributed by atoms with Crippen LogP contribution in [0.2, 0.25) is 0 Å². The second-order valence-corrected chi connectivity index (χ2v) is 10.6. The van der Waals surface area contributed by atoms with Crippen LogP contribution in [0.5, 0.6) is 5.75 Å². The number of carbonyl (C=O) groups is 2. The summed E-state index contributed by atoms with van der Waals surface area (Å²) in [5, 5.41) is 0.362. The van der Waals surface area contributed by atoms with Gasteiger partial charge in [-0.2, -0.15) is 13.2 Å². The number of hydrogen-bond donors (Lipinski definition) is 0. The van der Waals surface area contributed by atoms with E-state index in [4.69, 9.17) is 14.5 Å². The van der Waals surface area contributed by atoms with E-state index < -0.39 is 29.7 Å². The molecule has 0 bridgehead atoms. The van der Waals surface area contributed by atoms with Crippen molar-refractivity contribution in [2.75, 3.05) is 13.2 Å². The van der Waals surface area contributed by atoms with Crippen LogP contribution in [-0.4, -0.2) is 44.5 Å². The summed E-state index contributed by atoms with van der Waals surface area (Å²) in [6.07, 6.45) is -1.47. The third-order valence-electron chi connectivity index (χ3n) is 7.43. The SMILES string of the molecule is CCOC(=O)COc1ccc(-n2c([C@@H](C)N(Cc3cccnc3)C(=O)Cc3ccc(C(F)(F)F)cc3)nc3ccccc3c2=O)cc1. The fourth-order valence-electron chi connectivity index (χ4n) is 5.07. The van der Waals surface area contributed by atoms with Gasteiger partial charge in [0.05, 0.1) is 41.2 Å². The van der Waals surface area contributed by atoms with Gasteiger partial charge in [0.15, 0.2) is 6.61 Å². The Hall–Kier alpha value is -5.52. The van der Waals surface area contributed by atoms with E-state index in [0.29, 0.717) is 33.5 Å². The summed E-state index contributed by atoms with van der Waals surface area (Å²) >= 11 is 0. The van der Waals surface area contributed by atoms with Crippen LogP contribution < -0.4 is 10.3 Å². The van der Waals surface area contributed by atoms with Crippen molar-refractivity contribution in [1.82, 2.24) is 19.4 Å². The minimum Gasteiger partial charge on any atom is -0.482 e. The molecule has 9 nitrogen and oxygen atoms in total. The lowest BCUT2D eigenvalue weighted by molar-refractivity contribution is -0.145. The van der Waals surface area contributed by atoms with Gasteiger partial charge < -0.3 is 14.4 Å². The first kappa shape index (κ1) is 32.9. The largest absolute Gasteiger partial charge is 0.482 e. The van der Waals surface area contributed by atoms with E-state index in [-0.39, 0.29) is 37.6 Å². The van der Waals surface area contributed by atoms with E-state index in [1.54, 1.807) is 86.9 Å². The van der Waals surface area contributed by atoms with Gasteiger partial charge in [0.2, 0.25) is 5.91 Å². The molecule has 3 aromatic carbocycles. The monoisotopic (exact) mass is 644 g/mol. The van der Waals surface area contributed by atoms with Crippen molar-refractivity contribution in [2.24, 2.45) is 0 Å². The Morgan fingerprint density at radius 2 is 1.66 bits per heavy atom. The van der Waals surface area contributed by atoms with Crippen molar-refractivity contribution in [2.45, 2.75) is 39.0 Å². The van der Waals surface area contributed by atoms with Gasteiger partial charge in [0, 0.05) is 18.9 Å². The Morgan fingerprint density at radius 1 is 0.936 bits per heavy atom.